The Morgan fingerprint density at radius 3 is 2.63 bits per heavy atom. The minimum absolute atomic E-state index is 0.348. The van der Waals surface area contributed by atoms with Gasteiger partial charge in [0.2, 0.25) is 0 Å². The maximum Gasteiger partial charge on any atom is 0.123 e. The van der Waals surface area contributed by atoms with Crippen LogP contribution in [0.25, 0.3) is 0 Å². The summed E-state index contributed by atoms with van der Waals surface area (Å²) in [5.41, 5.74) is 6.00. The van der Waals surface area contributed by atoms with Crippen LogP contribution < -0.4 is 11.3 Å². The van der Waals surface area contributed by atoms with Crippen LogP contribution in [0.4, 0.5) is 4.39 Å². The van der Waals surface area contributed by atoms with Crippen molar-refractivity contribution in [1.82, 2.24) is 15.2 Å². The minimum Gasteiger partial charge on any atom is -0.272 e. The molecule has 0 bridgehead atoms. The van der Waals surface area contributed by atoms with Crippen LogP contribution in [-0.2, 0) is 7.05 Å². The van der Waals surface area contributed by atoms with Crippen LogP contribution in [0.15, 0.2) is 18.2 Å². The molecule has 0 saturated heterocycles. The van der Waals surface area contributed by atoms with Crippen molar-refractivity contribution in [3.05, 3.63) is 51.6 Å². The molecule has 0 spiro atoms. The van der Waals surface area contributed by atoms with Crippen molar-refractivity contribution in [3.63, 3.8) is 0 Å². The summed E-state index contributed by atoms with van der Waals surface area (Å²) in [6, 6.07) is 3.84. The second-order valence-corrected chi connectivity index (χ2v) is 4.88. The van der Waals surface area contributed by atoms with Crippen LogP contribution in [0, 0.1) is 19.7 Å². The summed E-state index contributed by atoms with van der Waals surface area (Å²) in [7, 11) is 1.85. The molecule has 2 aromatic rings. The molecule has 19 heavy (non-hydrogen) atoms. The molecular weight excluding hydrogens is 267 g/mol. The predicted molar refractivity (Wildman–Crippen MR) is 73.3 cm³/mol. The fourth-order valence-corrected chi connectivity index (χ4v) is 2.50. The lowest BCUT2D eigenvalue weighted by Crippen LogP contribution is -2.30. The SMILES string of the molecule is Cc1nn(C)c(C)c1C(NN)c1cc(F)ccc1Cl. The van der Waals surface area contributed by atoms with E-state index in [0.717, 1.165) is 17.0 Å². The van der Waals surface area contributed by atoms with Gasteiger partial charge in [0.05, 0.1) is 11.7 Å². The summed E-state index contributed by atoms with van der Waals surface area (Å²) in [6.45, 7) is 3.83. The highest BCUT2D eigenvalue weighted by atomic mass is 35.5. The average Bonchev–Trinajstić information content (AvgIpc) is 2.61. The number of nitrogens with one attached hydrogen (secondary N) is 1. The number of nitrogens with zero attached hydrogens (tertiary/aromatic N) is 2. The molecule has 1 atom stereocenters. The number of hydrogen-bond donors (Lipinski definition) is 2. The normalized spacial score (nSPS) is 12.7. The first-order valence-electron chi connectivity index (χ1n) is 5.87. The Morgan fingerprint density at radius 1 is 1.42 bits per heavy atom. The van der Waals surface area contributed by atoms with E-state index in [2.05, 4.69) is 10.5 Å². The van der Waals surface area contributed by atoms with Crippen LogP contribution in [0.2, 0.25) is 5.02 Å². The van der Waals surface area contributed by atoms with Gasteiger partial charge in [-0.25, -0.2) is 9.82 Å². The lowest BCUT2D eigenvalue weighted by molar-refractivity contribution is 0.602. The van der Waals surface area contributed by atoms with E-state index in [4.69, 9.17) is 17.4 Å². The minimum atomic E-state index is -0.392. The second kappa shape index (κ2) is 5.28. The van der Waals surface area contributed by atoms with Gasteiger partial charge in [0, 0.05) is 23.3 Å². The molecule has 0 aliphatic rings. The van der Waals surface area contributed by atoms with Gasteiger partial charge < -0.3 is 0 Å². The van der Waals surface area contributed by atoms with Gasteiger partial charge in [-0.1, -0.05) is 11.6 Å². The zero-order valence-electron chi connectivity index (χ0n) is 11.0. The third kappa shape index (κ3) is 2.49. The predicted octanol–water partition coefficient (Wildman–Crippen LogP) is 2.38. The quantitative estimate of drug-likeness (QED) is 0.671. The zero-order chi connectivity index (χ0) is 14.2. The largest absolute Gasteiger partial charge is 0.272 e. The van der Waals surface area contributed by atoms with Gasteiger partial charge in [0.25, 0.3) is 0 Å². The van der Waals surface area contributed by atoms with Crippen LogP contribution in [0.1, 0.15) is 28.6 Å². The van der Waals surface area contributed by atoms with E-state index in [9.17, 15) is 4.39 Å². The Kier molecular flexibility index (Phi) is 3.89. The summed E-state index contributed by atoms with van der Waals surface area (Å²) in [5, 5.41) is 4.81. The summed E-state index contributed by atoms with van der Waals surface area (Å²) < 4.78 is 15.2. The van der Waals surface area contributed by atoms with Crippen molar-refractivity contribution in [1.29, 1.82) is 0 Å². The summed E-state index contributed by atoms with van der Waals surface area (Å²) >= 11 is 6.14. The summed E-state index contributed by atoms with van der Waals surface area (Å²) in [4.78, 5) is 0. The third-order valence-electron chi connectivity index (χ3n) is 3.29. The molecule has 0 aliphatic heterocycles. The first-order chi connectivity index (χ1) is 8.95. The highest BCUT2D eigenvalue weighted by Gasteiger charge is 2.23. The van der Waals surface area contributed by atoms with E-state index >= 15 is 0 Å². The van der Waals surface area contributed by atoms with Gasteiger partial charge in [-0.05, 0) is 37.6 Å². The summed E-state index contributed by atoms with van der Waals surface area (Å²) in [6.07, 6.45) is 0. The standard InChI is InChI=1S/C13H16ClFN4/c1-7-12(8(2)19(3)18-7)13(17-16)10-6-9(15)4-5-11(10)14/h4-6,13,17H,16H2,1-3H3. The molecule has 102 valence electrons. The van der Waals surface area contributed by atoms with Crippen molar-refractivity contribution < 1.29 is 4.39 Å². The summed E-state index contributed by atoms with van der Waals surface area (Å²) in [5.74, 6) is 5.29. The van der Waals surface area contributed by atoms with Gasteiger partial charge in [-0.3, -0.25) is 10.5 Å². The molecule has 0 radical (unpaired) electrons. The number of aryl methyl sites for hydroxylation is 2. The van der Waals surface area contributed by atoms with Crippen LogP contribution in [0.3, 0.4) is 0 Å². The van der Waals surface area contributed by atoms with E-state index < -0.39 is 6.04 Å². The van der Waals surface area contributed by atoms with Gasteiger partial charge in [0.1, 0.15) is 5.82 Å². The Morgan fingerprint density at radius 2 is 2.11 bits per heavy atom. The van der Waals surface area contributed by atoms with Crippen molar-refractivity contribution in [2.24, 2.45) is 12.9 Å². The fourth-order valence-electron chi connectivity index (χ4n) is 2.27. The van der Waals surface area contributed by atoms with E-state index in [1.165, 1.54) is 18.2 Å². The number of halogens is 2. The maximum atomic E-state index is 13.4. The fraction of sp³-hybridized carbons (Fsp3) is 0.308. The van der Waals surface area contributed by atoms with Crippen molar-refractivity contribution in [2.75, 3.05) is 0 Å². The van der Waals surface area contributed by atoms with Gasteiger partial charge in [-0.2, -0.15) is 5.10 Å². The Labute approximate surface area is 116 Å². The molecule has 1 unspecified atom stereocenters. The smallest absolute Gasteiger partial charge is 0.123 e. The molecule has 0 amide bonds. The van der Waals surface area contributed by atoms with Gasteiger partial charge in [-0.15, -0.1) is 0 Å². The second-order valence-electron chi connectivity index (χ2n) is 4.47. The number of rotatable bonds is 3. The molecule has 0 saturated carbocycles. The van der Waals surface area contributed by atoms with Crippen LogP contribution in [-0.4, -0.2) is 9.78 Å². The number of benzene rings is 1. The average molecular weight is 283 g/mol. The molecule has 4 nitrogen and oxygen atoms in total. The van der Waals surface area contributed by atoms with E-state index in [0.29, 0.717) is 10.6 Å². The van der Waals surface area contributed by atoms with Gasteiger partial charge >= 0.3 is 0 Å². The van der Waals surface area contributed by atoms with Crippen LogP contribution in [0.5, 0.6) is 0 Å². The molecule has 0 fully saturated rings. The topological polar surface area (TPSA) is 55.9 Å². The Balaban J connectivity index is 2.59. The molecule has 1 aromatic heterocycles. The van der Waals surface area contributed by atoms with Crippen molar-refractivity contribution in [3.8, 4) is 0 Å². The number of aromatic nitrogens is 2. The lowest BCUT2D eigenvalue weighted by Gasteiger charge is -2.18. The molecular formula is C13H16ClFN4. The van der Waals surface area contributed by atoms with E-state index in [-0.39, 0.29) is 5.82 Å². The lowest BCUT2D eigenvalue weighted by atomic mass is 9.97. The number of hydrazine groups is 1. The molecule has 1 aromatic carbocycles. The number of nitrogens with two attached hydrogens (primary N) is 1. The van der Waals surface area contributed by atoms with E-state index in [1.807, 2.05) is 20.9 Å². The molecule has 0 aliphatic carbocycles. The first kappa shape index (κ1) is 14.0. The van der Waals surface area contributed by atoms with E-state index in [1.54, 1.807) is 4.68 Å². The zero-order valence-corrected chi connectivity index (χ0v) is 11.8. The highest BCUT2D eigenvalue weighted by Crippen LogP contribution is 2.31. The van der Waals surface area contributed by atoms with Crippen molar-refractivity contribution >= 4 is 11.6 Å². The highest BCUT2D eigenvalue weighted by molar-refractivity contribution is 6.31. The maximum absolute atomic E-state index is 13.4. The Bertz CT molecular complexity index is 609. The molecule has 2 rings (SSSR count). The van der Waals surface area contributed by atoms with Gasteiger partial charge in [0.15, 0.2) is 0 Å². The van der Waals surface area contributed by atoms with Crippen LogP contribution >= 0.6 is 11.6 Å². The molecule has 1 heterocycles. The first-order valence-corrected chi connectivity index (χ1v) is 6.24. The third-order valence-corrected chi connectivity index (χ3v) is 3.63. The molecule has 6 heteroatoms. The monoisotopic (exact) mass is 282 g/mol. The number of hydrogen-bond acceptors (Lipinski definition) is 3. The Hall–Kier alpha value is -1.43. The molecule has 3 N–H and O–H groups in total. The van der Waals surface area contributed by atoms with Crippen molar-refractivity contribution in [2.45, 2.75) is 19.9 Å².